The molecule has 7 heteroatoms. The van der Waals surface area contributed by atoms with Gasteiger partial charge >= 0.3 is 6.03 Å². The summed E-state index contributed by atoms with van der Waals surface area (Å²) in [7, 11) is -3.45. The highest BCUT2D eigenvalue weighted by molar-refractivity contribution is 7.91. The van der Waals surface area contributed by atoms with Gasteiger partial charge in [0.2, 0.25) is 0 Å². The van der Waals surface area contributed by atoms with E-state index in [0.717, 1.165) is 12.0 Å². The number of nitrogens with one attached hydrogen (secondary N) is 2. The minimum Gasteiger partial charge on any atom is -0.395 e. The third-order valence-corrected chi connectivity index (χ3v) is 5.79. The van der Waals surface area contributed by atoms with Crippen molar-refractivity contribution in [3.63, 3.8) is 0 Å². The van der Waals surface area contributed by atoms with E-state index >= 15 is 0 Å². The number of amides is 2. The van der Waals surface area contributed by atoms with Gasteiger partial charge in [-0.05, 0) is 43.5 Å². The van der Waals surface area contributed by atoms with Crippen LogP contribution in [0.3, 0.4) is 0 Å². The molecule has 6 nitrogen and oxygen atoms in total. The number of sulfone groups is 1. The van der Waals surface area contributed by atoms with E-state index in [-0.39, 0.29) is 16.7 Å². The lowest BCUT2D eigenvalue weighted by Gasteiger charge is -2.09. The molecule has 3 N–H and O–H groups in total. The Kier molecular flexibility index (Phi) is 7.38. The van der Waals surface area contributed by atoms with Crippen molar-refractivity contribution in [3.05, 3.63) is 64.7 Å². The van der Waals surface area contributed by atoms with Crippen molar-refractivity contribution in [2.45, 2.75) is 31.7 Å². The first-order chi connectivity index (χ1) is 12.8. The molecule has 0 saturated heterocycles. The van der Waals surface area contributed by atoms with Crippen molar-refractivity contribution in [1.29, 1.82) is 0 Å². The highest BCUT2D eigenvalue weighted by Crippen LogP contribution is 2.12. The van der Waals surface area contributed by atoms with Crippen LogP contribution in [0.1, 0.15) is 22.3 Å². The highest BCUT2D eigenvalue weighted by atomic mass is 32.2. The van der Waals surface area contributed by atoms with Crippen LogP contribution in [0, 0.1) is 13.8 Å². The van der Waals surface area contributed by atoms with E-state index in [4.69, 9.17) is 5.11 Å². The number of benzene rings is 2. The number of carbonyl (C=O) groups is 1. The minimum atomic E-state index is -3.45. The molecular weight excluding hydrogens is 364 g/mol. The van der Waals surface area contributed by atoms with Crippen LogP contribution in [0.25, 0.3) is 0 Å². The maximum absolute atomic E-state index is 11.9. The summed E-state index contributed by atoms with van der Waals surface area (Å²) in [4.78, 5) is 12.1. The zero-order valence-corrected chi connectivity index (χ0v) is 16.5. The first-order valence-corrected chi connectivity index (χ1v) is 10.5. The maximum atomic E-state index is 11.9. The molecule has 0 aliphatic carbocycles. The Morgan fingerprint density at radius 3 is 2.19 bits per heavy atom. The van der Waals surface area contributed by atoms with Gasteiger partial charge in [0.25, 0.3) is 0 Å². The summed E-state index contributed by atoms with van der Waals surface area (Å²) in [5.74, 6) is -0.298. The predicted molar refractivity (Wildman–Crippen MR) is 105 cm³/mol. The Labute approximate surface area is 160 Å². The number of carbonyl (C=O) groups excluding carboxylic acids is 1. The van der Waals surface area contributed by atoms with E-state index in [2.05, 4.69) is 42.7 Å². The first-order valence-electron chi connectivity index (χ1n) is 8.81. The van der Waals surface area contributed by atoms with Crippen LogP contribution in [-0.4, -0.2) is 38.5 Å². The maximum Gasteiger partial charge on any atom is 0.315 e. The van der Waals surface area contributed by atoms with Crippen molar-refractivity contribution in [1.82, 2.24) is 10.6 Å². The molecule has 0 heterocycles. The van der Waals surface area contributed by atoms with Gasteiger partial charge in [-0.1, -0.05) is 41.5 Å². The summed E-state index contributed by atoms with van der Waals surface area (Å²) in [6, 6.07) is 12.3. The Hall–Kier alpha value is -2.38. The lowest BCUT2D eigenvalue weighted by Crippen LogP contribution is -2.36. The van der Waals surface area contributed by atoms with Crippen molar-refractivity contribution in [2.24, 2.45) is 0 Å². The van der Waals surface area contributed by atoms with Gasteiger partial charge < -0.3 is 15.7 Å². The van der Waals surface area contributed by atoms with Gasteiger partial charge in [-0.2, -0.15) is 0 Å². The normalized spacial score (nSPS) is 11.2. The van der Waals surface area contributed by atoms with Gasteiger partial charge in [-0.3, -0.25) is 0 Å². The fourth-order valence-electron chi connectivity index (χ4n) is 2.83. The zero-order chi connectivity index (χ0) is 19.9. The van der Waals surface area contributed by atoms with Crippen molar-refractivity contribution >= 4 is 15.9 Å². The molecule has 0 aliphatic rings. The summed E-state index contributed by atoms with van der Waals surface area (Å²) in [6.07, 6.45) is 0.757. The number of aryl methyl sites for hydroxylation is 2. The molecule has 0 saturated carbocycles. The molecule has 0 bridgehead atoms. The summed E-state index contributed by atoms with van der Waals surface area (Å²) < 4.78 is 23.7. The fourth-order valence-corrected chi connectivity index (χ4v) is 3.86. The average molecular weight is 391 g/mol. The molecule has 0 spiro atoms. The monoisotopic (exact) mass is 390 g/mol. The fraction of sp³-hybridized carbons (Fsp3) is 0.350. The number of hydrogen-bond acceptors (Lipinski definition) is 4. The molecule has 2 amide bonds. The second-order valence-corrected chi connectivity index (χ2v) is 8.65. The molecule has 0 fully saturated rings. The topological polar surface area (TPSA) is 95.5 Å². The Morgan fingerprint density at radius 2 is 1.59 bits per heavy atom. The molecule has 0 radical (unpaired) electrons. The van der Waals surface area contributed by atoms with Crippen LogP contribution in [0.2, 0.25) is 0 Å². The average Bonchev–Trinajstić information content (AvgIpc) is 2.59. The third kappa shape index (κ3) is 6.69. The van der Waals surface area contributed by atoms with Gasteiger partial charge in [-0.25, -0.2) is 13.2 Å². The van der Waals surface area contributed by atoms with E-state index in [1.54, 1.807) is 12.1 Å². The molecule has 2 aromatic rings. The number of rotatable bonds is 8. The van der Waals surface area contributed by atoms with Crippen LogP contribution >= 0.6 is 0 Å². The Balaban J connectivity index is 1.78. The zero-order valence-electron chi connectivity index (χ0n) is 15.7. The molecule has 146 valence electrons. The van der Waals surface area contributed by atoms with Gasteiger partial charge in [-0.15, -0.1) is 0 Å². The molecule has 2 aromatic carbocycles. The van der Waals surface area contributed by atoms with E-state index in [1.807, 2.05) is 0 Å². The molecular formula is C20H26N2O4S. The number of urea groups is 1. The van der Waals surface area contributed by atoms with Crippen molar-refractivity contribution < 1.29 is 18.3 Å². The van der Waals surface area contributed by atoms with Gasteiger partial charge in [0.15, 0.2) is 9.84 Å². The highest BCUT2D eigenvalue weighted by Gasteiger charge is 2.13. The summed E-state index contributed by atoms with van der Waals surface area (Å²) in [5, 5.41) is 14.4. The molecule has 2 rings (SSSR count). The van der Waals surface area contributed by atoms with Crippen LogP contribution in [0.15, 0.2) is 47.4 Å². The molecule has 0 atom stereocenters. The second kappa shape index (κ2) is 9.53. The first kappa shape index (κ1) is 20.9. The van der Waals surface area contributed by atoms with E-state index in [9.17, 15) is 13.2 Å². The third-order valence-electron chi connectivity index (χ3n) is 4.08. The van der Waals surface area contributed by atoms with Crippen molar-refractivity contribution in [2.75, 3.05) is 18.9 Å². The lowest BCUT2D eigenvalue weighted by atomic mass is 10.1. The van der Waals surface area contributed by atoms with Crippen LogP contribution < -0.4 is 10.6 Å². The van der Waals surface area contributed by atoms with E-state index in [0.29, 0.717) is 13.1 Å². The predicted octanol–water partition coefficient (Wildman–Crippen LogP) is 2.11. The molecule has 0 unspecified atom stereocenters. The Bertz CT molecular complexity index is 857. The van der Waals surface area contributed by atoms with Crippen LogP contribution in [0.4, 0.5) is 4.79 Å². The van der Waals surface area contributed by atoms with Crippen molar-refractivity contribution in [3.8, 4) is 0 Å². The standard InChI is InChI=1S/C20H26N2O4S/c1-15-11-16(2)13-18(12-15)7-8-21-20(24)22-14-17-3-5-19(6-4-17)27(25,26)10-9-23/h3-6,11-13,23H,7-10,14H2,1-2H3,(H2,21,22,24). The van der Waals surface area contributed by atoms with E-state index in [1.165, 1.54) is 28.8 Å². The van der Waals surface area contributed by atoms with Gasteiger partial charge in [0.1, 0.15) is 0 Å². The smallest absolute Gasteiger partial charge is 0.315 e. The minimum absolute atomic E-state index is 0.165. The molecule has 0 aliphatic heterocycles. The summed E-state index contributed by atoms with van der Waals surface area (Å²) >= 11 is 0. The van der Waals surface area contributed by atoms with E-state index < -0.39 is 16.4 Å². The van der Waals surface area contributed by atoms with Gasteiger partial charge in [0.05, 0.1) is 17.3 Å². The number of hydrogen-bond donors (Lipinski definition) is 3. The SMILES string of the molecule is Cc1cc(C)cc(CCNC(=O)NCc2ccc(S(=O)(=O)CCO)cc2)c1. The number of aliphatic hydroxyl groups is 1. The Morgan fingerprint density at radius 1 is 0.963 bits per heavy atom. The second-order valence-electron chi connectivity index (χ2n) is 6.54. The van der Waals surface area contributed by atoms with Crippen LogP contribution in [0.5, 0.6) is 0 Å². The van der Waals surface area contributed by atoms with Gasteiger partial charge in [0, 0.05) is 13.1 Å². The van der Waals surface area contributed by atoms with Crippen LogP contribution in [-0.2, 0) is 22.8 Å². The molecule has 27 heavy (non-hydrogen) atoms. The number of aliphatic hydroxyl groups excluding tert-OH is 1. The summed E-state index contributed by atoms with van der Waals surface area (Å²) in [5.41, 5.74) is 4.40. The quantitative estimate of drug-likeness (QED) is 0.643. The largest absolute Gasteiger partial charge is 0.395 e. The lowest BCUT2D eigenvalue weighted by molar-refractivity contribution is 0.240. The summed E-state index contributed by atoms with van der Waals surface area (Å²) in [6.45, 7) is 4.53. The molecule has 0 aromatic heterocycles.